The third-order valence-electron chi connectivity index (χ3n) is 3.56. The van der Waals surface area contributed by atoms with E-state index in [0.29, 0.717) is 30.2 Å². The van der Waals surface area contributed by atoms with Gasteiger partial charge in [0, 0.05) is 18.2 Å². The number of amides is 1. The molecular weight excluding hydrogens is 313 g/mol. The maximum absolute atomic E-state index is 13.6. The van der Waals surface area contributed by atoms with E-state index in [4.69, 9.17) is 14.2 Å². The summed E-state index contributed by atoms with van der Waals surface area (Å²) in [7, 11) is 4.65. The predicted octanol–water partition coefficient (Wildman–Crippen LogP) is 2.82. The van der Waals surface area contributed by atoms with E-state index in [1.165, 1.54) is 12.1 Å². The molecule has 0 bridgehead atoms. The van der Waals surface area contributed by atoms with Crippen LogP contribution in [0.3, 0.4) is 0 Å². The van der Waals surface area contributed by atoms with Crippen molar-refractivity contribution in [3.05, 3.63) is 53.3 Å². The molecule has 0 aliphatic carbocycles. The molecule has 0 aliphatic heterocycles. The lowest BCUT2D eigenvalue weighted by atomic mass is 10.1. The summed E-state index contributed by atoms with van der Waals surface area (Å²) in [5.41, 5.74) is 0.843. The molecule has 0 atom stereocenters. The van der Waals surface area contributed by atoms with E-state index >= 15 is 0 Å². The van der Waals surface area contributed by atoms with Crippen molar-refractivity contribution in [1.82, 2.24) is 5.32 Å². The number of ether oxygens (including phenoxy) is 3. The van der Waals surface area contributed by atoms with Crippen LogP contribution in [-0.2, 0) is 6.42 Å². The molecule has 0 saturated heterocycles. The van der Waals surface area contributed by atoms with Crippen molar-refractivity contribution in [3.63, 3.8) is 0 Å². The first-order valence-electron chi connectivity index (χ1n) is 7.42. The zero-order chi connectivity index (χ0) is 17.5. The van der Waals surface area contributed by atoms with Crippen molar-refractivity contribution < 1.29 is 23.4 Å². The summed E-state index contributed by atoms with van der Waals surface area (Å²) < 4.78 is 29.5. The van der Waals surface area contributed by atoms with Crippen LogP contribution in [-0.4, -0.2) is 33.8 Å². The Morgan fingerprint density at radius 1 is 1.08 bits per heavy atom. The molecular formula is C18H20FNO4. The zero-order valence-electron chi connectivity index (χ0n) is 13.9. The Labute approximate surface area is 140 Å². The first-order chi connectivity index (χ1) is 11.6. The molecule has 0 aliphatic rings. The molecule has 1 amide bonds. The van der Waals surface area contributed by atoms with E-state index in [0.717, 1.165) is 5.56 Å². The van der Waals surface area contributed by atoms with Gasteiger partial charge < -0.3 is 19.5 Å². The molecule has 0 radical (unpaired) electrons. The molecule has 24 heavy (non-hydrogen) atoms. The minimum absolute atomic E-state index is 0.0210. The molecule has 2 rings (SSSR count). The average molecular weight is 333 g/mol. The van der Waals surface area contributed by atoms with Gasteiger partial charge in [-0.1, -0.05) is 12.1 Å². The minimum atomic E-state index is -0.546. The zero-order valence-corrected chi connectivity index (χ0v) is 13.9. The Balaban J connectivity index is 2.09. The standard InChI is InChI=1S/C18H20FNO4/c1-22-13-10-12(17(24-3)16(11-13)23-2)8-9-20-18(21)14-6-4-5-7-15(14)19/h4-7,10-11H,8-9H2,1-3H3,(H,20,21). The van der Waals surface area contributed by atoms with Crippen molar-refractivity contribution in [2.45, 2.75) is 6.42 Å². The second kappa shape index (κ2) is 8.19. The highest BCUT2D eigenvalue weighted by atomic mass is 19.1. The fourth-order valence-corrected chi connectivity index (χ4v) is 2.37. The van der Waals surface area contributed by atoms with Gasteiger partial charge in [0.15, 0.2) is 11.5 Å². The Hall–Kier alpha value is -2.76. The Kier molecular flexibility index (Phi) is 6.01. The highest BCUT2D eigenvalue weighted by molar-refractivity contribution is 5.94. The molecule has 2 aromatic rings. The van der Waals surface area contributed by atoms with Crippen LogP contribution in [0.4, 0.5) is 4.39 Å². The number of hydrogen-bond donors (Lipinski definition) is 1. The van der Waals surface area contributed by atoms with Crippen molar-refractivity contribution >= 4 is 5.91 Å². The van der Waals surface area contributed by atoms with Gasteiger partial charge in [-0.15, -0.1) is 0 Å². The van der Waals surface area contributed by atoms with Gasteiger partial charge >= 0.3 is 0 Å². The molecule has 0 fully saturated rings. The summed E-state index contributed by atoms with van der Waals surface area (Å²) in [5, 5.41) is 2.70. The van der Waals surface area contributed by atoms with Crippen LogP contribution in [0.5, 0.6) is 17.2 Å². The molecule has 2 aromatic carbocycles. The predicted molar refractivity (Wildman–Crippen MR) is 88.5 cm³/mol. The second-order valence-corrected chi connectivity index (χ2v) is 5.01. The fourth-order valence-electron chi connectivity index (χ4n) is 2.37. The van der Waals surface area contributed by atoms with Gasteiger partial charge in [0.2, 0.25) is 0 Å². The number of benzene rings is 2. The smallest absolute Gasteiger partial charge is 0.254 e. The van der Waals surface area contributed by atoms with Crippen LogP contribution < -0.4 is 19.5 Å². The Bertz CT molecular complexity index is 718. The molecule has 1 N–H and O–H groups in total. The largest absolute Gasteiger partial charge is 0.497 e. The van der Waals surface area contributed by atoms with Crippen LogP contribution in [0, 0.1) is 5.82 Å². The van der Waals surface area contributed by atoms with E-state index < -0.39 is 11.7 Å². The topological polar surface area (TPSA) is 56.8 Å². The number of methoxy groups -OCH3 is 3. The summed E-state index contributed by atoms with van der Waals surface area (Å²) in [6.07, 6.45) is 0.483. The van der Waals surface area contributed by atoms with Gasteiger partial charge in [0.05, 0.1) is 26.9 Å². The molecule has 6 heteroatoms. The van der Waals surface area contributed by atoms with Gasteiger partial charge in [0.25, 0.3) is 5.91 Å². The first kappa shape index (κ1) is 17.6. The van der Waals surface area contributed by atoms with Crippen molar-refractivity contribution in [3.8, 4) is 17.2 Å². The van der Waals surface area contributed by atoms with Crippen LogP contribution in [0.1, 0.15) is 15.9 Å². The molecule has 0 heterocycles. The molecule has 0 spiro atoms. The van der Waals surface area contributed by atoms with E-state index in [1.54, 1.807) is 39.5 Å². The minimum Gasteiger partial charge on any atom is -0.497 e. The maximum Gasteiger partial charge on any atom is 0.254 e. The summed E-state index contributed by atoms with van der Waals surface area (Å²) in [4.78, 5) is 12.0. The van der Waals surface area contributed by atoms with Gasteiger partial charge in [-0.05, 0) is 24.6 Å². The SMILES string of the molecule is COc1cc(CCNC(=O)c2ccccc2F)c(OC)c(OC)c1. The van der Waals surface area contributed by atoms with Crippen molar-refractivity contribution in [2.24, 2.45) is 0 Å². The normalized spacial score (nSPS) is 10.2. The number of halogens is 1. The Morgan fingerprint density at radius 2 is 1.83 bits per heavy atom. The van der Waals surface area contributed by atoms with Gasteiger partial charge in [0.1, 0.15) is 11.6 Å². The summed E-state index contributed by atoms with van der Waals surface area (Å²) in [6, 6.07) is 9.40. The number of carbonyl (C=O) groups excluding carboxylic acids is 1. The van der Waals surface area contributed by atoms with Crippen LogP contribution in [0.25, 0.3) is 0 Å². The fraction of sp³-hybridized carbons (Fsp3) is 0.278. The van der Waals surface area contributed by atoms with Gasteiger partial charge in [-0.25, -0.2) is 4.39 Å². The quantitative estimate of drug-likeness (QED) is 0.846. The summed E-state index contributed by atoms with van der Waals surface area (Å²) in [6.45, 7) is 0.319. The second-order valence-electron chi connectivity index (χ2n) is 5.01. The van der Waals surface area contributed by atoms with Crippen molar-refractivity contribution in [2.75, 3.05) is 27.9 Å². The number of rotatable bonds is 7. The molecule has 128 valence electrons. The van der Waals surface area contributed by atoms with E-state index in [2.05, 4.69) is 5.32 Å². The number of carbonyl (C=O) groups is 1. The Morgan fingerprint density at radius 3 is 2.46 bits per heavy atom. The van der Waals surface area contributed by atoms with E-state index in [9.17, 15) is 9.18 Å². The first-order valence-corrected chi connectivity index (χ1v) is 7.42. The number of hydrogen-bond acceptors (Lipinski definition) is 4. The lowest BCUT2D eigenvalue weighted by Crippen LogP contribution is -2.26. The number of nitrogens with one attached hydrogen (secondary N) is 1. The third-order valence-corrected chi connectivity index (χ3v) is 3.56. The highest BCUT2D eigenvalue weighted by Gasteiger charge is 2.14. The lowest BCUT2D eigenvalue weighted by Gasteiger charge is -2.15. The summed E-state index contributed by atoms with van der Waals surface area (Å²) in [5.74, 6) is 0.756. The van der Waals surface area contributed by atoms with E-state index in [1.807, 2.05) is 6.07 Å². The lowest BCUT2D eigenvalue weighted by molar-refractivity contribution is 0.0950. The van der Waals surface area contributed by atoms with E-state index in [-0.39, 0.29) is 5.56 Å². The van der Waals surface area contributed by atoms with Gasteiger partial charge in [-0.2, -0.15) is 0 Å². The van der Waals surface area contributed by atoms with Crippen LogP contribution in [0.2, 0.25) is 0 Å². The van der Waals surface area contributed by atoms with Crippen LogP contribution >= 0.6 is 0 Å². The highest BCUT2D eigenvalue weighted by Crippen LogP contribution is 2.35. The summed E-state index contributed by atoms with van der Waals surface area (Å²) >= 11 is 0. The maximum atomic E-state index is 13.6. The monoisotopic (exact) mass is 333 g/mol. The molecule has 0 saturated carbocycles. The van der Waals surface area contributed by atoms with Gasteiger partial charge in [-0.3, -0.25) is 4.79 Å². The van der Waals surface area contributed by atoms with Crippen molar-refractivity contribution in [1.29, 1.82) is 0 Å². The molecule has 5 nitrogen and oxygen atoms in total. The molecule has 0 aromatic heterocycles. The van der Waals surface area contributed by atoms with Crippen LogP contribution in [0.15, 0.2) is 36.4 Å². The third kappa shape index (κ3) is 3.95. The molecule has 0 unspecified atom stereocenters. The average Bonchev–Trinajstić information content (AvgIpc) is 2.61.